The average Bonchev–Trinajstić information content (AvgIpc) is 3.69. The van der Waals surface area contributed by atoms with Gasteiger partial charge in [-0.3, -0.25) is 9.59 Å². The Bertz CT molecular complexity index is 1480. The molecule has 2 aromatic heterocycles. The van der Waals surface area contributed by atoms with E-state index in [-0.39, 0.29) is 24.9 Å². The van der Waals surface area contributed by atoms with Gasteiger partial charge in [-0.15, -0.1) is 0 Å². The van der Waals surface area contributed by atoms with Crippen LogP contribution in [0.15, 0.2) is 92.1 Å². The van der Waals surface area contributed by atoms with E-state index in [2.05, 4.69) is 31.1 Å². The summed E-state index contributed by atoms with van der Waals surface area (Å²) < 4.78 is 3.57. The first-order chi connectivity index (χ1) is 22.3. The lowest BCUT2D eigenvalue weighted by Gasteiger charge is -2.11. The minimum absolute atomic E-state index is 0.0832. The molecule has 2 amide bonds. The maximum atomic E-state index is 12.5. The van der Waals surface area contributed by atoms with E-state index >= 15 is 0 Å². The number of thiazole rings is 2. The molecule has 46 heavy (non-hydrogen) atoms. The first kappa shape index (κ1) is 35.0. The van der Waals surface area contributed by atoms with Gasteiger partial charge >= 0.3 is 10.3 Å². The summed E-state index contributed by atoms with van der Waals surface area (Å²) in [5.41, 5.74) is 3.68. The van der Waals surface area contributed by atoms with Gasteiger partial charge in [0.1, 0.15) is 23.8 Å². The van der Waals surface area contributed by atoms with Gasteiger partial charge in [0.25, 0.3) is 11.8 Å². The van der Waals surface area contributed by atoms with E-state index in [4.69, 9.17) is 0 Å². The predicted octanol–water partition coefficient (Wildman–Crippen LogP) is 5.66. The van der Waals surface area contributed by atoms with Crippen LogP contribution >= 0.6 is 44.3 Å². The highest BCUT2D eigenvalue weighted by Crippen LogP contribution is 2.23. The van der Waals surface area contributed by atoms with Crippen molar-refractivity contribution in [2.24, 2.45) is 20.5 Å². The second-order valence-corrected chi connectivity index (χ2v) is 14.6. The highest BCUT2D eigenvalue weighted by atomic mass is 33.1. The second kappa shape index (κ2) is 18.3. The minimum Gasteiger partial charge on any atom is -0.378 e. The van der Waals surface area contributed by atoms with Crippen molar-refractivity contribution in [3.05, 3.63) is 71.7 Å². The highest BCUT2D eigenvalue weighted by molar-refractivity contribution is 8.76. The lowest BCUT2D eigenvalue weighted by atomic mass is 10.3. The van der Waals surface area contributed by atoms with Crippen LogP contribution in [0.5, 0.6) is 0 Å². The van der Waals surface area contributed by atoms with Crippen LogP contribution in [0.3, 0.4) is 0 Å². The monoisotopic (exact) mass is 698 g/mol. The zero-order chi connectivity index (χ0) is 32.7. The van der Waals surface area contributed by atoms with Crippen molar-refractivity contribution in [1.29, 1.82) is 0 Å². The number of benzene rings is 2. The fraction of sp³-hybridized carbons (Fsp3) is 0.333. The smallest absolute Gasteiger partial charge is 0.378 e. The number of rotatable bonds is 17. The number of hydrogen-bond acceptors (Lipinski definition) is 12. The molecule has 0 radical (unpaired) electrons. The van der Waals surface area contributed by atoms with E-state index in [1.54, 1.807) is 30.7 Å². The molecule has 4 aromatic rings. The third kappa shape index (κ3) is 11.5. The van der Waals surface area contributed by atoms with Gasteiger partial charge in [0, 0.05) is 74.9 Å². The van der Waals surface area contributed by atoms with Crippen LogP contribution < -0.4 is 29.6 Å². The molecule has 2 heterocycles. The third-order valence-corrected chi connectivity index (χ3v) is 10.3. The molecule has 0 bridgehead atoms. The number of carbonyl (C=O) groups excluding carboxylic acids is 2. The Morgan fingerprint density at radius 2 is 1.04 bits per heavy atom. The van der Waals surface area contributed by atoms with Crippen molar-refractivity contribution < 1.29 is 18.7 Å². The van der Waals surface area contributed by atoms with E-state index in [1.165, 1.54) is 22.7 Å². The molecule has 0 aliphatic heterocycles. The zero-order valence-corrected chi connectivity index (χ0v) is 29.5. The minimum atomic E-state index is -0.0832. The van der Waals surface area contributed by atoms with Crippen LogP contribution in [0.25, 0.3) is 0 Å². The number of azo groups is 2. The highest BCUT2D eigenvalue weighted by Gasteiger charge is 2.17. The summed E-state index contributed by atoms with van der Waals surface area (Å²) in [5.74, 6) is 1.34. The molecule has 0 aliphatic carbocycles. The summed E-state index contributed by atoms with van der Waals surface area (Å²) in [4.78, 5) is 29.0. The van der Waals surface area contributed by atoms with E-state index in [1.807, 2.05) is 110 Å². The number of amides is 2. The fourth-order valence-corrected chi connectivity index (χ4v) is 7.00. The molecule has 0 spiro atoms. The molecule has 0 atom stereocenters. The summed E-state index contributed by atoms with van der Waals surface area (Å²) in [6.07, 6.45) is 3.67. The van der Waals surface area contributed by atoms with Gasteiger partial charge in [-0.1, -0.05) is 21.6 Å². The van der Waals surface area contributed by atoms with E-state index in [9.17, 15) is 9.59 Å². The Morgan fingerprint density at radius 3 is 1.41 bits per heavy atom. The van der Waals surface area contributed by atoms with Crippen molar-refractivity contribution in [1.82, 2.24) is 10.6 Å². The quantitative estimate of drug-likeness (QED) is 0.0636. The molecular formula is C30H38N10O2S4+2. The number of nitrogens with one attached hydrogen (secondary N) is 2. The summed E-state index contributed by atoms with van der Waals surface area (Å²) in [7, 11) is 11.3. The molecule has 0 fully saturated rings. The van der Waals surface area contributed by atoms with Crippen molar-refractivity contribution in [3.63, 3.8) is 0 Å². The third-order valence-electron chi connectivity index (χ3n) is 6.28. The number of aromatic nitrogens is 2. The van der Waals surface area contributed by atoms with Crippen molar-refractivity contribution in [2.75, 3.05) is 62.6 Å². The molecule has 16 heteroatoms. The normalized spacial score (nSPS) is 11.3. The van der Waals surface area contributed by atoms with Gasteiger partial charge in [-0.05, 0) is 81.4 Å². The summed E-state index contributed by atoms with van der Waals surface area (Å²) >= 11 is 2.86. The fourth-order valence-electron chi connectivity index (χ4n) is 3.83. The zero-order valence-electron chi connectivity index (χ0n) is 26.2. The molecule has 0 saturated heterocycles. The maximum Gasteiger partial charge on any atom is 0.408 e. The molecular weight excluding hydrogens is 661 g/mol. The van der Waals surface area contributed by atoms with Gasteiger partial charge < -0.3 is 20.4 Å². The molecule has 242 valence electrons. The molecule has 12 nitrogen and oxygen atoms in total. The topological polar surface area (TPSA) is 122 Å². The lowest BCUT2D eigenvalue weighted by Crippen LogP contribution is -2.42. The van der Waals surface area contributed by atoms with Gasteiger partial charge in [0.05, 0.1) is 10.2 Å². The molecule has 0 saturated carbocycles. The van der Waals surface area contributed by atoms with Crippen LogP contribution in [0, 0.1) is 0 Å². The largest absolute Gasteiger partial charge is 0.408 e. The molecule has 4 rings (SSSR count). The van der Waals surface area contributed by atoms with Gasteiger partial charge in [0.2, 0.25) is 0 Å². The van der Waals surface area contributed by atoms with Gasteiger partial charge in [0.15, 0.2) is 13.1 Å². The lowest BCUT2D eigenvalue weighted by molar-refractivity contribution is -0.667. The Morgan fingerprint density at radius 1 is 0.652 bits per heavy atom. The number of nitrogens with zero attached hydrogens (tertiary/aromatic N) is 8. The molecule has 0 unspecified atom stereocenters. The average molecular weight is 699 g/mol. The Balaban J connectivity index is 1.07. The first-order valence-electron chi connectivity index (χ1n) is 14.4. The maximum absolute atomic E-state index is 12.5. The van der Waals surface area contributed by atoms with Crippen molar-refractivity contribution in [2.45, 2.75) is 13.1 Å². The van der Waals surface area contributed by atoms with Crippen LogP contribution in [0.4, 0.5) is 33.0 Å². The number of anilines is 2. The Labute approximate surface area is 285 Å². The predicted molar refractivity (Wildman–Crippen MR) is 190 cm³/mol. The first-order valence-corrected chi connectivity index (χ1v) is 18.6. The van der Waals surface area contributed by atoms with Gasteiger partial charge in [-0.2, -0.15) is 0 Å². The van der Waals surface area contributed by atoms with Crippen molar-refractivity contribution in [3.8, 4) is 0 Å². The van der Waals surface area contributed by atoms with Gasteiger partial charge in [-0.25, -0.2) is 9.13 Å². The van der Waals surface area contributed by atoms with E-state index < -0.39 is 0 Å². The Kier molecular flexibility index (Phi) is 13.9. The van der Waals surface area contributed by atoms with Crippen LogP contribution in [0.1, 0.15) is 0 Å². The standard InChI is InChI=1S/C30H36N10O2S4/c1-37(2)25-9-5-23(6-10-25)33-35-29-39(15-19-43-29)21-27(41)31-13-17-45-46-18-14-32-28(42)22-40-16-20-44-30(40)36-34-24-7-11-26(12-8-24)38(3)4/h5-12,15-16,19-20H,13-14,17-18,21-22H2,1-4H3/p+2. The molecule has 0 aliphatic rings. The SMILES string of the molecule is CN(C)c1ccc(N=Nc2scc[n+]2CC(=O)NCCSSCCNC(=O)C[n+]2ccsc2N=Nc2ccc(N(C)C)cc2)cc1. The molecule has 2 N–H and O–H groups in total. The Hall–Kier alpha value is -3.86. The van der Waals surface area contributed by atoms with Crippen LogP contribution in [0.2, 0.25) is 0 Å². The van der Waals surface area contributed by atoms with Crippen LogP contribution in [-0.4, -0.2) is 64.6 Å². The summed E-state index contributed by atoms with van der Waals surface area (Å²) in [5, 5.41) is 28.3. The van der Waals surface area contributed by atoms with Crippen LogP contribution in [-0.2, 0) is 22.7 Å². The molecule has 2 aromatic carbocycles. The van der Waals surface area contributed by atoms with E-state index in [0.717, 1.165) is 34.3 Å². The number of hydrogen-bond donors (Lipinski definition) is 2. The number of carbonyl (C=O) groups is 2. The second-order valence-electron chi connectivity index (χ2n) is 10.2. The summed E-state index contributed by atoms with van der Waals surface area (Å²) in [6, 6.07) is 15.6. The summed E-state index contributed by atoms with van der Waals surface area (Å²) in [6.45, 7) is 1.45. The van der Waals surface area contributed by atoms with E-state index in [0.29, 0.717) is 23.4 Å². The van der Waals surface area contributed by atoms with Crippen molar-refractivity contribution >= 4 is 89.1 Å².